The molecular weight excluding hydrogens is 905 g/mol. The first kappa shape index (κ1) is 54.7. The molecule has 1 amide bonds. The minimum Gasteiger partial charge on any atom is -0.508 e. The Bertz CT molecular complexity index is 2540. The van der Waals surface area contributed by atoms with Crippen LogP contribution in [0.3, 0.4) is 0 Å². The van der Waals surface area contributed by atoms with Crippen molar-refractivity contribution in [3.05, 3.63) is 159 Å². The summed E-state index contributed by atoms with van der Waals surface area (Å²) in [6.45, 7) is 14.7. The van der Waals surface area contributed by atoms with Gasteiger partial charge in [0.15, 0.2) is 5.78 Å². The van der Waals surface area contributed by atoms with E-state index in [2.05, 4.69) is 55.4 Å². The van der Waals surface area contributed by atoms with Crippen LogP contribution in [0, 0.1) is 23.2 Å². The van der Waals surface area contributed by atoms with E-state index in [0.717, 1.165) is 40.8 Å². The van der Waals surface area contributed by atoms with Crippen LogP contribution in [0.15, 0.2) is 125 Å². The Morgan fingerprint density at radius 3 is 2.42 bits per heavy atom. The Labute approximate surface area is 426 Å². The third-order valence-corrected chi connectivity index (χ3v) is 16.6. The average molecular weight is 985 g/mol. The van der Waals surface area contributed by atoms with Crippen molar-refractivity contribution in [1.82, 2.24) is 16.0 Å². The van der Waals surface area contributed by atoms with Crippen molar-refractivity contribution < 1.29 is 40.2 Å². The molecule has 11 N–H and O–H groups in total. The molecule has 2 aliphatic heterocycles. The monoisotopic (exact) mass is 985 g/mol. The minimum atomic E-state index is -1.36. The first-order valence-electron chi connectivity index (χ1n) is 26.2. The van der Waals surface area contributed by atoms with E-state index in [-0.39, 0.29) is 49.0 Å². The molecule has 0 aromatic heterocycles. The summed E-state index contributed by atoms with van der Waals surface area (Å²) in [5.74, 6) is -1.67. The van der Waals surface area contributed by atoms with Crippen LogP contribution in [0.5, 0.6) is 5.75 Å². The molecule has 2 heterocycles. The lowest BCUT2D eigenvalue weighted by Gasteiger charge is -2.56. The Kier molecular flexibility index (Phi) is 18.2. The largest absolute Gasteiger partial charge is 0.508 e. The molecule has 388 valence electrons. The van der Waals surface area contributed by atoms with Crippen LogP contribution in [0.4, 0.5) is 0 Å². The molecule has 12 heteroatoms. The fraction of sp³-hybridized carbons (Fsp3) is 0.500. The number of benzene rings is 3. The first-order valence-corrected chi connectivity index (χ1v) is 26.2. The van der Waals surface area contributed by atoms with Crippen LogP contribution in [-0.2, 0) is 35.3 Å². The van der Waals surface area contributed by atoms with E-state index in [4.69, 9.17) is 5.73 Å². The van der Waals surface area contributed by atoms with E-state index in [9.17, 15) is 40.2 Å². The van der Waals surface area contributed by atoms with E-state index in [1.54, 1.807) is 19.1 Å². The van der Waals surface area contributed by atoms with Gasteiger partial charge in [-0.15, -0.1) is 0 Å². The fourth-order valence-corrected chi connectivity index (χ4v) is 12.6. The lowest BCUT2D eigenvalue weighted by atomic mass is 9.52. The maximum atomic E-state index is 14.9. The standard InChI is InChI=1S/C60H80N4O8/c1-7-62-51(24-17-36(2)3)37(4)11-8-15-43(35-65)48-26-28-60(56(48)70)50-23-22-46(67)32-41-13-9-12-40(29-41)31-44(30-39-18-20-45(66)21-19-39)53(69)34-63-55-54-42(14-10-16-49(54)57(61)64-58(55)71)33-52(68)38(5)47(50)25-27-59(60,6)72/h8-21,29,44,46,48,50-51,53,55-57,62-63,65-67,69-70,72H,4,7,22-28,30-35,61H2,1-3,5-6H3,(H,64,71). The number of likely N-dealkylation sites (N-methyl/N-ethyl adjacent to an activating group) is 1. The van der Waals surface area contributed by atoms with E-state index < -0.39 is 53.4 Å². The highest BCUT2D eigenvalue weighted by molar-refractivity contribution is 5.98. The molecule has 2 aliphatic carbocycles. The summed E-state index contributed by atoms with van der Waals surface area (Å²) in [6, 6.07) is 19.6. The molecule has 11 unspecified atom stereocenters. The van der Waals surface area contributed by atoms with Gasteiger partial charge in [-0.05, 0) is 173 Å². The summed E-state index contributed by atoms with van der Waals surface area (Å²) in [5, 5.41) is 80.2. The summed E-state index contributed by atoms with van der Waals surface area (Å²) in [5.41, 5.74) is 13.0. The topological polar surface area (TPSA) is 218 Å². The van der Waals surface area contributed by atoms with Gasteiger partial charge in [0.05, 0.1) is 30.5 Å². The van der Waals surface area contributed by atoms with Gasteiger partial charge in [0, 0.05) is 30.3 Å². The smallest absolute Gasteiger partial charge is 0.243 e. The number of phenolic OH excluding ortho intramolecular Hbond substituents is 1. The van der Waals surface area contributed by atoms with E-state index in [0.29, 0.717) is 85.6 Å². The minimum absolute atomic E-state index is 0.0400. The lowest BCUT2D eigenvalue weighted by Crippen LogP contribution is -2.59. The van der Waals surface area contributed by atoms with Crippen molar-refractivity contribution in [3.8, 4) is 5.75 Å². The van der Waals surface area contributed by atoms with Crippen molar-refractivity contribution in [1.29, 1.82) is 0 Å². The number of ketones is 1. The molecule has 11 atom stereocenters. The summed E-state index contributed by atoms with van der Waals surface area (Å²) < 4.78 is 0. The van der Waals surface area contributed by atoms with Crippen LogP contribution in [0.2, 0.25) is 0 Å². The molecule has 4 aliphatic rings. The first-order chi connectivity index (χ1) is 34.4. The van der Waals surface area contributed by atoms with E-state index in [1.165, 1.54) is 5.57 Å². The summed E-state index contributed by atoms with van der Waals surface area (Å²) in [6.07, 6.45) is 8.69. The number of allylic oxidation sites excluding steroid dienone is 5. The van der Waals surface area contributed by atoms with Crippen molar-refractivity contribution in [2.45, 2.75) is 147 Å². The van der Waals surface area contributed by atoms with Crippen molar-refractivity contribution in [3.63, 3.8) is 0 Å². The van der Waals surface area contributed by atoms with Crippen LogP contribution in [0.1, 0.15) is 125 Å². The molecule has 12 nitrogen and oxygen atoms in total. The van der Waals surface area contributed by atoms with Gasteiger partial charge in [-0.25, -0.2) is 0 Å². The van der Waals surface area contributed by atoms with Gasteiger partial charge in [-0.3, -0.25) is 14.9 Å². The van der Waals surface area contributed by atoms with Crippen LogP contribution in [0.25, 0.3) is 0 Å². The van der Waals surface area contributed by atoms with Gasteiger partial charge in [0.25, 0.3) is 0 Å². The second-order valence-electron chi connectivity index (χ2n) is 21.6. The van der Waals surface area contributed by atoms with Gasteiger partial charge >= 0.3 is 0 Å². The van der Waals surface area contributed by atoms with Crippen LogP contribution in [-0.4, -0.2) is 92.0 Å². The van der Waals surface area contributed by atoms with Gasteiger partial charge in [0.1, 0.15) is 18.0 Å². The van der Waals surface area contributed by atoms with E-state index in [1.807, 2.05) is 73.7 Å². The predicted molar refractivity (Wildman–Crippen MR) is 284 cm³/mol. The Hall–Kier alpha value is -5.02. The van der Waals surface area contributed by atoms with Crippen molar-refractivity contribution in [2.24, 2.45) is 28.9 Å². The SMILES string of the molecule is C=C(C=CC=C(CO)C1CCC2(C3CCC(O)Cc4cccc(c4)CC(Cc4ccc(O)cc4)C(O)CNC4C(=O)NC(N)c5cccc(c54)CC(=O)C(C)=C3CCC2(C)O)C1O)C(CC=C(C)C)NCC. The number of carbonyl (C=O) groups excluding carboxylic acids is 2. The van der Waals surface area contributed by atoms with Gasteiger partial charge in [-0.2, -0.15) is 0 Å². The zero-order valence-corrected chi connectivity index (χ0v) is 43.0. The number of phenols is 1. The summed E-state index contributed by atoms with van der Waals surface area (Å²) in [7, 11) is 0. The number of aliphatic hydroxyl groups is 5. The molecule has 72 heavy (non-hydrogen) atoms. The molecule has 0 radical (unpaired) electrons. The molecule has 2 fully saturated rings. The van der Waals surface area contributed by atoms with Gasteiger partial charge < -0.3 is 47.0 Å². The number of rotatable bonds is 11. The fourth-order valence-electron chi connectivity index (χ4n) is 12.6. The molecule has 2 bridgehead atoms. The number of hydrogen-bond acceptors (Lipinski definition) is 11. The molecule has 7 rings (SSSR count). The average Bonchev–Trinajstić information content (AvgIpc) is 3.69. The maximum Gasteiger partial charge on any atom is 0.243 e. The second kappa shape index (κ2) is 23.9. The second-order valence-corrected chi connectivity index (χ2v) is 21.6. The zero-order chi connectivity index (χ0) is 51.9. The molecule has 2 saturated carbocycles. The Morgan fingerprint density at radius 2 is 1.71 bits per heavy atom. The molecular formula is C60H80N4O8. The highest BCUT2D eigenvalue weighted by Gasteiger charge is 2.64. The third-order valence-electron chi connectivity index (χ3n) is 16.6. The normalized spacial score (nSPS) is 30.1. The number of amides is 1. The molecule has 3 aromatic carbocycles. The van der Waals surface area contributed by atoms with Crippen LogP contribution < -0.4 is 21.7 Å². The highest BCUT2D eigenvalue weighted by atomic mass is 16.3. The van der Waals surface area contributed by atoms with Crippen molar-refractivity contribution >= 4 is 11.7 Å². The quantitative estimate of drug-likeness (QED) is 0.0699. The number of Topliss-reactive ketones (excluding diaryl/α,β-unsaturated/α-hetero) is 1. The Morgan fingerprint density at radius 1 is 0.986 bits per heavy atom. The third kappa shape index (κ3) is 12.1. The Balaban J connectivity index is 1.27. The van der Waals surface area contributed by atoms with Crippen molar-refractivity contribution in [2.75, 3.05) is 19.7 Å². The number of aromatic hydroxyl groups is 1. The van der Waals surface area contributed by atoms with Gasteiger partial charge in [-0.1, -0.05) is 104 Å². The summed E-state index contributed by atoms with van der Waals surface area (Å²) >= 11 is 0. The molecule has 0 saturated heterocycles. The number of aliphatic hydroxyl groups excluding tert-OH is 4. The highest BCUT2D eigenvalue weighted by Crippen LogP contribution is 2.63. The summed E-state index contributed by atoms with van der Waals surface area (Å²) in [4.78, 5) is 28.9. The lowest BCUT2D eigenvalue weighted by molar-refractivity contribution is -0.168. The van der Waals surface area contributed by atoms with Gasteiger partial charge in [0.2, 0.25) is 5.91 Å². The maximum absolute atomic E-state index is 14.9. The predicted octanol–water partition coefficient (Wildman–Crippen LogP) is 6.98. The van der Waals surface area contributed by atoms with E-state index >= 15 is 0 Å². The van der Waals surface area contributed by atoms with Crippen LogP contribution >= 0.6 is 0 Å². The molecule has 3 aromatic rings. The number of nitrogens with one attached hydrogen (secondary N) is 3. The number of β-amino-alcohol motifs (C(OH)–C–C–N with tert-alkyl or cyclic N) is 1. The number of carbonyl (C=O) groups is 2. The molecule has 1 spiro atoms. The number of fused-ring (bicyclic) bond motifs is 4. The number of hydrogen-bond donors (Lipinski definition) is 10. The number of nitrogens with two attached hydrogens (primary N) is 1. The zero-order valence-electron chi connectivity index (χ0n) is 43.0.